The highest BCUT2D eigenvalue weighted by Crippen LogP contribution is 2.33. The fourth-order valence-electron chi connectivity index (χ4n) is 4.25. The van der Waals surface area contributed by atoms with Gasteiger partial charge >= 0.3 is 0 Å². The second kappa shape index (κ2) is 10.5. The molecule has 2 aliphatic rings. The van der Waals surface area contributed by atoms with Gasteiger partial charge in [-0.3, -0.25) is 19.0 Å². The summed E-state index contributed by atoms with van der Waals surface area (Å²) in [5.41, 5.74) is 3.52. The van der Waals surface area contributed by atoms with Crippen molar-refractivity contribution < 1.29 is 14.0 Å². The second-order valence-electron chi connectivity index (χ2n) is 9.12. The minimum Gasteiger partial charge on any atom is -0.354 e. The van der Waals surface area contributed by atoms with E-state index in [0.29, 0.717) is 29.0 Å². The average Bonchev–Trinajstić information content (AvgIpc) is 3.63. The Kier molecular flexibility index (Phi) is 7.33. The zero-order chi connectivity index (χ0) is 26.9. The van der Waals surface area contributed by atoms with E-state index in [1.807, 2.05) is 19.9 Å². The molecule has 2 aromatic carbocycles. The maximum atomic E-state index is 14.7. The smallest absolute Gasteiger partial charge is 0.257 e. The first-order valence-corrected chi connectivity index (χ1v) is 12.5. The van der Waals surface area contributed by atoms with Crippen LogP contribution >= 0.6 is 0 Å². The lowest BCUT2D eigenvalue weighted by Gasteiger charge is -2.22. The first-order valence-electron chi connectivity index (χ1n) is 12.5. The van der Waals surface area contributed by atoms with Crippen LogP contribution in [0.2, 0.25) is 0 Å². The van der Waals surface area contributed by atoms with Crippen LogP contribution < -0.4 is 26.8 Å². The number of hydrogen-bond acceptors (Lipinski definition) is 5. The number of hydrogen-bond donors (Lipinski definition) is 4. The van der Waals surface area contributed by atoms with Gasteiger partial charge in [0.1, 0.15) is 17.2 Å². The molecule has 37 heavy (non-hydrogen) atoms. The summed E-state index contributed by atoms with van der Waals surface area (Å²) < 4.78 is 16.0. The number of pyridine rings is 1. The molecule has 0 spiro atoms. The van der Waals surface area contributed by atoms with Crippen LogP contribution in [0.4, 0.5) is 27.3 Å². The van der Waals surface area contributed by atoms with Crippen molar-refractivity contribution in [1.29, 1.82) is 0 Å². The van der Waals surface area contributed by atoms with Gasteiger partial charge < -0.3 is 21.3 Å². The molecule has 1 fully saturated rings. The van der Waals surface area contributed by atoms with Gasteiger partial charge in [0.25, 0.3) is 17.4 Å². The number of rotatable bonds is 6. The van der Waals surface area contributed by atoms with Gasteiger partial charge in [-0.25, -0.2) is 4.39 Å². The molecule has 3 aromatic rings. The predicted octanol–water partition coefficient (Wildman–Crippen LogP) is 4.79. The molecule has 0 unspecified atom stereocenters. The number of halogens is 1. The maximum Gasteiger partial charge on any atom is 0.257 e. The lowest BCUT2D eigenvalue weighted by Crippen LogP contribution is -2.32. The molecule has 5 rings (SSSR count). The topological polar surface area (TPSA) is 104 Å². The number of benzene rings is 2. The van der Waals surface area contributed by atoms with Crippen molar-refractivity contribution >= 4 is 34.7 Å². The summed E-state index contributed by atoms with van der Waals surface area (Å²) in [7, 11) is 1.55. The van der Waals surface area contributed by atoms with Crippen molar-refractivity contribution in [2.45, 2.75) is 53.1 Å². The number of carbonyl (C=O) groups is 2. The Balaban J connectivity index is 0.00000156. The molecule has 0 saturated heterocycles. The van der Waals surface area contributed by atoms with Gasteiger partial charge in [-0.1, -0.05) is 19.9 Å². The standard InChI is InChI=1S/C26H26FN5O3.C2H6/c1-13-4-9-20(19(27)10-13)31-23-21(25(34)30-16-5-6-16)22(14(2)26(35)32(23)3)29-17-7-8-18-15(11-17)12-28-24(18)33;1-2/h4,7-11,16,29,31H,5-6,12H2,1-3H3,(H,28,33)(H,30,34);1-2H3. The highest BCUT2D eigenvalue weighted by Gasteiger charge is 2.30. The van der Waals surface area contributed by atoms with Gasteiger partial charge in [0.15, 0.2) is 0 Å². The van der Waals surface area contributed by atoms with E-state index in [0.717, 1.165) is 24.0 Å². The number of amides is 2. The Bertz CT molecular complexity index is 1440. The maximum absolute atomic E-state index is 14.7. The third kappa shape index (κ3) is 5.21. The molecule has 2 heterocycles. The van der Waals surface area contributed by atoms with Crippen molar-refractivity contribution in [3.63, 3.8) is 0 Å². The van der Waals surface area contributed by atoms with Gasteiger partial charge in [-0.15, -0.1) is 0 Å². The van der Waals surface area contributed by atoms with E-state index in [1.165, 1.54) is 10.6 Å². The number of anilines is 4. The van der Waals surface area contributed by atoms with Crippen molar-refractivity contribution in [2.24, 2.45) is 7.05 Å². The summed E-state index contributed by atoms with van der Waals surface area (Å²) >= 11 is 0. The minimum atomic E-state index is -0.489. The van der Waals surface area contributed by atoms with Crippen LogP contribution in [-0.2, 0) is 13.6 Å². The van der Waals surface area contributed by atoms with E-state index < -0.39 is 5.82 Å². The molecule has 1 aromatic heterocycles. The van der Waals surface area contributed by atoms with Crippen LogP contribution in [-0.4, -0.2) is 22.4 Å². The van der Waals surface area contributed by atoms with Crippen LogP contribution in [0.1, 0.15) is 64.1 Å². The molecule has 0 bridgehead atoms. The number of aromatic nitrogens is 1. The zero-order valence-electron chi connectivity index (χ0n) is 21.7. The van der Waals surface area contributed by atoms with Gasteiger partial charge in [-0.2, -0.15) is 0 Å². The predicted molar refractivity (Wildman–Crippen MR) is 144 cm³/mol. The summed E-state index contributed by atoms with van der Waals surface area (Å²) in [6, 6.07) is 10.1. The lowest BCUT2D eigenvalue weighted by atomic mass is 10.1. The van der Waals surface area contributed by atoms with Crippen molar-refractivity contribution in [2.75, 3.05) is 10.6 Å². The second-order valence-corrected chi connectivity index (χ2v) is 9.12. The molecular weight excluding hydrogens is 473 g/mol. The third-order valence-corrected chi connectivity index (χ3v) is 6.40. The molecule has 9 heteroatoms. The molecule has 4 N–H and O–H groups in total. The van der Waals surface area contributed by atoms with E-state index in [9.17, 15) is 18.8 Å². The first-order chi connectivity index (χ1) is 17.7. The first kappa shape index (κ1) is 25.9. The summed E-state index contributed by atoms with van der Waals surface area (Å²) in [4.78, 5) is 38.5. The molecule has 2 amide bonds. The van der Waals surface area contributed by atoms with E-state index in [-0.39, 0.29) is 40.5 Å². The molecule has 8 nitrogen and oxygen atoms in total. The van der Waals surface area contributed by atoms with E-state index in [4.69, 9.17) is 0 Å². The number of fused-ring (bicyclic) bond motifs is 1. The van der Waals surface area contributed by atoms with Crippen LogP contribution in [0.3, 0.4) is 0 Å². The molecule has 1 saturated carbocycles. The van der Waals surface area contributed by atoms with Crippen molar-refractivity contribution in [1.82, 2.24) is 15.2 Å². The summed E-state index contributed by atoms with van der Waals surface area (Å²) in [5.74, 6) is -0.798. The fourth-order valence-corrected chi connectivity index (χ4v) is 4.25. The number of aryl methyl sites for hydroxylation is 1. The zero-order valence-corrected chi connectivity index (χ0v) is 21.7. The fraction of sp³-hybridized carbons (Fsp3) is 0.321. The Morgan fingerprint density at radius 3 is 2.46 bits per heavy atom. The van der Waals surface area contributed by atoms with Crippen molar-refractivity contribution in [3.05, 3.63) is 80.4 Å². The van der Waals surface area contributed by atoms with Gasteiger partial charge in [-0.05, 0) is 68.1 Å². The van der Waals surface area contributed by atoms with Crippen LogP contribution in [0.15, 0.2) is 41.2 Å². The largest absolute Gasteiger partial charge is 0.354 e. The quantitative estimate of drug-likeness (QED) is 0.386. The normalized spacial score (nSPS) is 13.7. The van der Waals surface area contributed by atoms with Crippen LogP contribution in [0, 0.1) is 19.7 Å². The number of carbonyl (C=O) groups excluding carboxylic acids is 2. The van der Waals surface area contributed by atoms with Gasteiger partial charge in [0.2, 0.25) is 0 Å². The highest BCUT2D eigenvalue weighted by molar-refractivity contribution is 6.06. The molecule has 1 aliphatic carbocycles. The third-order valence-electron chi connectivity index (χ3n) is 6.40. The van der Waals surface area contributed by atoms with E-state index in [2.05, 4.69) is 21.3 Å². The molecule has 194 valence electrons. The summed E-state index contributed by atoms with van der Waals surface area (Å²) in [6.45, 7) is 7.84. The van der Waals surface area contributed by atoms with Crippen molar-refractivity contribution in [3.8, 4) is 0 Å². The number of nitrogens with one attached hydrogen (secondary N) is 4. The highest BCUT2D eigenvalue weighted by atomic mass is 19.1. The van der Waals surface area contributed by atoms with Gasteiger partial charge in [0.05, 0.1) is 11.4 Å². The lowest BCUT2D eigenvalue weighted by molar-refractivity contribution is 0.0948. The number of nitrogens with zero attached hydrogens (tertiary/aromatic N) is 1. The molecular formula is C28H32FN5O3. The summed E-state index contributed by atoms with van der Waals surface area (Å²) in [5, 5.41) is 12.0. The monoisotopic (exact) mass is 505 g/mol. The van der Waals surface area contributed by atoms with Crippen LogP contribution in [0.5, 0.6) is 0 Å². The Labute approximate surface area is 215 Å². The average molecular weight is 506 g/mol. The Hall–Kier alpha value is -4.14. The molecule has 1 aliphatic heterocycles. The Morgan fingerprint density at radius 1 is 1.05 bits per heavy atom. The van der Waals surface area contributed by atoms with E-state index in [1.54, 1.807) is 45.2 Å². The minimum absolute atomic E-state index is 0.0777. The summed E-state index contributed by atoms with van der Waals surface area (Å²) in [6.07, 6.45) is 1.78. The van der Waals surface area contributed by atoms with E-state index >= 15 is 0 Å². The van der Waals surface area contributed by atoms with Crippen LogP contribution in [0.25, 0.3) is 0 Å². The SMILES string of the molecule is CC.Cc1ccc(Nc2c(C(=O)NC3CC3)c(Nc3ccc4c(c3)CNC4=O)c(C)c(=O)n2C)c(F)c1. The van der Waals surface area contributed by atoms with Gasteiger partial charge in [0, 0.05) is 36.4 Å². The molecule has 0 radical (unpaired) electrons. The molecule has 0 atom stereocenters. The Morgan fingerprint density at radius 2 is 1.78 bits per heavy atom.